The summed E-state index contributed by atoms with van der Waals surface area (Å²) in [6.07, 6.45) is -0.333. The Morgan fingerprint density at radius 3 is 2.42 bits per heavy atom. The van der Waals surface area contributed by atoms with E-state index < -0.39 is 28.1 Å². The lowest BCUT2D eigenvalue weighted by atomic mass is 10.1. The van der Waals surface area contributed by atoms with E-state index in [1.54, 1.807) is 24.3 Å². The molecule has 2 amide bonds. The average molecular weight is 446 g/mol. The van der Waals surface area contributed by atoms with Gasteiger partial charge in [-0.1, -0.05) is 42.0 Å². The first-order valence-electron chi connectivity index (χ1n) is 10.1. The summed E-state index contributed by atoms with van der Waals surface area (Å²) in [6.45, 7) is 4.55. The van der Waals surface area contributed by atoms with Gasteiger partial charge in [-0.05, 0) is 43.5 Å². The van der Waals surface area contributed by atoms with Gasteiger partial charge < -0.3 is 15.4 Å². The highest BCUT2D eigenvalue weighted by molar-refractivity contribution is 7.89. The number of hydrogen-bond acceptors (Lipinski definition) is 5. The lowest BCUT2D eigenvalue weighted by Gasteiger charge is -2.34. The molecule has 1 aliphatic rings. The average Bonchev–Trinajstić information content (AvgIpc) is 2.77. The van der Waals surface area contributed by atoms with Gasteiger partial charge in [0.25, 0.3) is 0 Å². The third-order valence-electron chi connectivity index (χ3n) is 5.13. The summed E-state index contributed by atoms with van der Waals surface area (Å²) in [6, 6.07) is 14.1. The van der Waals surface area contributed by atoms with Gasteiger partial charge in [0.1, 0.15) is 6.23 Å². The molecule has 166 valence electrons. The number of nitrogens with one attached hydrogen (secondary N) is 2. The van der Waals surface area contributed by atoms with Crippen molar-refractivity contribution in [1.29, 1.82) is 0 Å². The van der Waals surface area contributed by atoms with Crippen molar-refractivity contribution in [1.82, 2.24) is 14.9 Å². The normalized spacial score (nSPS) is 17.2. The number of rotatable bonds is 6. The fourth-order valence-electron chi connectivity index (χ4n) is 3.27. The van der Waals surface area contributed by atoms with Crippen molar-refractivity contribution < 1.29 is 22.7 Å². The summed E-state index contributed by atoms with van der Waals surface area (Å²) in [5.74, 6) is -1.62. The minimum Gasteiger partial charge on any atom is -0.360 e. The summed E-state index contributed by atoms with van der Waals surface area (Å²) in [5.41, 5.74) is 2.87. The highest BCUT2D eigenvalue weighted by atomic mass is 32.2. The molecule has 0 saturated carbocycles. The Kier molecular flexibility index (Phi) is 7.42. The topological polar surface area (TPSA) is 105 Å². The second kappa shape index (κ2) is 10.0. The maximum Gasteiger partial charge on any atom is 0.309 e. The van der Waals surface area contributed by atoms with Gasteiger partial charge in [0, 0.05) is 13.1 Å². The molecule has 2 aromatic rings. The smallest absolute Gasteiger partial charge is 0.309 e. The predicted molar refractivity (Wildman–Crippen MR) is 115 cm³/mol. The fraction of sp³-hybridized carbons (Fsp3) is 0.364. The molecule has 31 heavy (non-hydrogen) atoms. The Bertz CT molecular complexity index is 1040. The number of nitrogens with zero attached hydrogens (tertiary/aromatic N) is 1. The number of hydrogen-bond donors (Lipinski definition) is 2. The van der Waals surface area contributed by atoms with Crippen LogP contribution < -0.4 is 10.6 Å². The van der Waals surface area contributed by atoms with Crippen LogP contribution in [0.1, 0.15) is 23.1 Å². The number of carbonyl (C=O) groups excluding carboxylic acids is 2. The summed E-state index contributed by atoms with van der Waals surface area (Å²) in [4.78, 5) is 24.5. The van der Waals surface area contributed by atoms with E-state index >= 15 is 0 Å². The number of carbonyl (C=O) groups is 2. The molecule has 1 atom stereocenters. The third-order valence-corrected chi connectivity index (χ3v) is 7.03. The van der Waals surface area contributed by atoms with Crippen molar-refractivity contribution in [3.05, 3.63) is 65.2 Å². The van der Waals surface area contributed by atoms with Crippen LogP contribution in [0, 0.1) is 13.8 Å². The number of sulfonamides is 1. The van der Waals surface area contributed by atoms with Gasteiger partial charge in [-0.15, -0.1) is 0 Å². The molecule has 1 heterocycles. The first-order valence-corrected chi connectivity index (χ1v) is 11.5. The lowest BCUT2D eigenvalue weighted by Crippen LogP contribution is -2.53. The summed E-state index contributed by atoms with van der Waals surface area (Å²) >= 11 is 0. The van der Waals surface area contributed by atoms with Gasteiger partial charge >= 0.3 is 11.8 Å². The molecule has 3 rings (SSSR count). The van der Waals surface area contributed by atoms with Gasteiger partial charge in [0.15, 0.2) is 0 Å². The number of amides is 2. The Labute approximate surface area is 182 Å². The van der Waals surface area contributed by atoms with Crippen molar-refractivity contribution in [3.63, 3.8) is 0 Å². The van der Waals surface area contributed by atoms with Crippen LogP contribution >= 0.6 is 0 Å². The number of ether oxygens (including phenoxy) is 1. The SMILES string of the molecule is Cc1ccc(S(=O)(=O)N2CCCO[C@H]2CNC(=O)C(=O)NCc2ccccc2C)cc1. The second-order valence-electron chi connectivity index (χ2n) is 7.43. The minimum atomic E-state index is -3.79. The molecule has 0 aromatic heterocycles. The zero-order valence-electron chi connectivity index (χ0n) is 17.6. The van der Waals surface area contributed by atoms with E-state index in [0.717, 1.165) is 16.7 Å². The minimum absolute atomic E-state index is 0.123. The molecule has 2 N–H and O–H groups in total. The molecule has 0 radical (unpaired) electrons. The predicted octanol–water partition coefficient (Wildman–Crippen LogP) is 1.47. The molecule has 0 unspecified atom stereocenters. The zero-order chi connectivity index (χ0) is 22.4. The first kappa shape index (κ1) is 22.9. The van der Waals surface area contributed by atoms with Gasteiger partial charge in [-0.2, -0.15) is 4.31 Å². The van der Waals surface area contributed by atoms with Gasteiger partial charge in [-0.3, -0.25) is 9.59 Å². The Morgan fingerprint density at radius 1 is 1.03 bits per heavy atom. The van der Waals surface area contributed by atoms with Crippen LogP contribution in [0.25, 0.3) is 0 Å². The molecule has 8 nitrogen and oxygen atoms in total. The molecule has 1 aliphatic heterocycles. The standard InChI is InChI=1S/C22H27N3O5S/c1-16-8-10-19(11-9-16)31(28,29)25-12-5-13-30-20(25)15-24-22(27)21(26)23-14-18-7-4-3-6-17(18)2/h3-4,6-11,20H,5,12-15H2,1-2H3,(H,23,26)(H,24,27)/t20-/m0/s1. The van der Waals surface area contributed by atoms with Gasteiger partial charge in [0.2, 0.25) is 10.0 Å². The quantitative estimate of drug-likeness (QED) is 0.656. The van der Waals surface area contributed by atoms with Crippen LogP contribution in [-0.2, 0) is 30.9 Å². The summed E-state index contributed by atoms with van der Waals surface area (Å²) in [5, 5.41) is 5.06. The highest BCUT2D eigenvalue weighted by Gasteiger charge is 2.34. The second-order valence-corrected chi connectivity index (χ2v) is 9.32. The molecule has 0 spiro atoms. The number of aryl methyl sites for hydroxylation is 2. The van der Waals surface area contributed by atoms with Crippen LogP contribution in [0.4, 0.5) is 0 Å². The van der Waals surface area contributed by atoms with Crippen LogP contribution in [0.2, 0.25) is 0 Å². The third kappa shape index (κ3) is 5.69. The van der Waals surface area contributed by atoms with E-state index in [-0.39, 0.29) is 24.5 Å². The fourth-order valence-corrected chi connectivity index (χ4v) is 4.84. The molecule has 0 aliphatic carbocycles. The molecule has 2 aromatic carbocycles. The van der Waals surface area contributed by atoms with Crippen molar-refractivity contribution in [2.75, 3.05) is 19.7 Å². The molecular formula is C22H27N3O5S. The Balaban J connectivity index is 1.59. The number of benzene rings is 2. The van der Waals surface area contributed by atoms with Crippen molar-refractivity contribution in [2.24, 2.45) is 0 Å². The van der Waals surface area contributed by atoms with E-state index in [9.17, 15) is 18.0 Å². The molecule has 9 heteroatoms. The van der Waals surface area contributed by atoms with E-state index in [1.807, 2.05) is 38.1 Å². The molecule has 1 saturated heterocycles. The Morgan fingerprint density at radius 2 is 1.71 bits per heavy atom. The summed E-state index contributed by atoms with van der Waals surface area (Å²) in [7, 11) is -3.79. The van der Waals surface area contributed by atoms with E-state index in [4.69, 9.17) is 4.74 Å². The van der Waals surface area contributed by atoms with Crippen molar-refractivity contribution in [3.8, 4) is 0 Å². The molecular weight excluding hydrogens is 418 g/mol. The highest BCUT2D eigenvalue weighted by Crippen LogP contribution is 2.22. The van der Waals surface area contributed by atoms with E-state index in [0.29, 0.717) is 13.0 Å². The maximum atomic E-state index is 13.0. The zero-order valence-corrected chi connectivity index (χ0v) is 18.4. The molecule has 0 bridgehead atoms. The van der Waals surface area contributed by atoms with Gasteiger partial charge in [-0.25, -0.2) is 8.42 Å². The molecule has 1 fully saturated rings. The van der Waals surface area contributed by atoms with Crippen LogP contribution in [-0.4, -0.2) is 50.5 Å². The van der Waals surface area contributed by atoms with Crippen LogP contribution in [0.15, 0.2) is 53.4 Å². The largest absolute Gasteiger partial charge is 0.360 e. The first-order chi connectivity index (χ1) is 14.8. The van der Waals surface area contributed by atoms with Crippen molar-refractivity contribution >= 4 is 21.8 Å². The van der Waals surface area contributed by atoms with Crippen LogP contribution in [0.5, 0.6) is 0 Å². The van der Waals surface area contributed by atoms with Crippen molar-refractivity contribution in [2.45, 2.75) is 37.9 Å². The maximum absolute atomic E-state index is 13.0. The summed E-state index contributed by atoms with van der Waals surface area (Å²) < 4.78 is 32.9. The Hall–Kier alpha value is -2.75. The van der Waals surface area contributed by atoms with E-state index in [2.05, 4.69) is 10.6 Å². The monoisotopic (exact) mass is 445 g/mol. The lowest BCUT2D eigenvalue weighted by molar-refractivity contribution is -0.140. The van der Waals surface area contributed by atoms with E-state index in [1.165, 1.54) is 4.31 Å². The van der Waals surface area contributed by atoms with Crippen LogP contribution in [0.3, 0.4) is 0 Å². The van der Waals surface area contributed by atoms with Gasteiger partial charge in [0.05, 0.1) is 18.0 Å².